The summed E-state index contributed by atoms with van der Waals surface area (Å²) in [5, 5.41) is 0.697. The Kier molecular flexibility index (Phi) is 6.21. The van der Waals surface area contributed by atoms with Gasteiger partial charge in [0.15, 0.2) is 0 Å². The number of carbonyl (C=O) groups excluding carboxylic acids is 1. The van der Waals surface area contributed by atoms with E-state index in [2.05, 4.69) is 24.6 Å². The van der Waals surface area contributed by atoms with Gasteiger partial charge in [-0.25, -0.2) is 9.78 Å². The van der Waals surface area contributed by atoms with Crippen LogP contribution in [0.15, 0.2) is 18.5 Å². The summed E-state index contributed by atoms with van der Waals surface area (Å²) in [6.45, 7) is 16.0. The zero-order valence-corrected chi connectivity index (χ0v) is 20.4. The van der Waals surface area contributed by atoms with Crippen LogP contribution in [-0.4, -0.2) is 55.6 Å². The zero-order chi connectivity index (χ0) is 22.3. The number of methoxy groups -OCH3 is 1. The summed E-state index contributed by atoms with van der Waals surface area (Å²) in [5.41, 5.74) is 0.988. The number of fused-ring (bicyclic) bond motifs is 1. The Hall–Kier alpha value is -1.68. The predicted molar refractivity (Wildman–Crippen MR) is 121 cm³/mol. The van der Waals surface area contributed by atoms with Crippen LogP contribution in [0.25, 0.3) is 11.0 Å². The first-order valence-electron chi connectivity index (χ1n) is 10.4. The maximum Gasteiger partial charge on any atom is 0.496 e. The van der Waals surface area contributed by atoms with Crippen molar-refractivity contribution in [1.29, 1.82) is 0 Å². The number of nitrogens with zero attached hydrogens (tertiary/aromatic N) is 2. The largest absolute Gasteiger partial charge is 0.496 e. The molecule has 2 aromatic heterocycles. The highest BCUT2D eigenvalue weighted by molar-refractivity contribution is 6.76. The van der Waals surface area contributed by atoms with Gasteiger partial charge in [0, 0.05) is 37.9 Å². The molecule has 7 nitrogen and oxygen atoms in total. The number of rotatable bonds is 7. The molecule has 0 saturated carbocycles. The van der Waals surface area contributed by atoms with Gasteiger partial charge in [0.25, 0.3) is 0 Å². The molecule has 164 valence electrons. The summed E-state index contributed by atoms with van der Waals surface area (Å²) in [4.78, 5) is 17.0. The quantitative estimate of drug-likeness (QED) is 0.379. The van der Waals surface area contributed by atoms with Crippen molar-refractivity contribution < 1.29 is 23.6 Å². The lowest BCUT2D eigenvalue weighted by Gasteiger charge is -2.32. The van der Waals surface area contributed by atoms with Gasteiger partial charge in [-0.15, -0.1) is 0 Å². The summed E-state index contributed by atoms with van der Waals surface area (Å²) in [7, 11) is -0.337. The Bertz CT molecular complexity index is 919. The van der Waals surface area contributed by atoms with Crippen molar-refractivity contribution in [3.8, 4) is 0 Å². The average Bonchev–Trinajstić information content (AvgIpc) is 3.11. The van der Waals surface area contributed by atoms with Crippen LogP contribution < -0.4 is 5.46 Å². The van der Waals surface area contributed by atoms with Gasteiger partial charge in [-0.1, -0.05) is 19.6 Å². The van der Waals surface area contributed by atoms with E-state index in [9.17, 15) is 4.79 Å². The highest BCUT2D eigenvalue weighted by atomic mass is 28.3. The molecule has 3 heterocycles. The number of hydrogen-bond acceptors (Lipinski definition) is 6. The van der Waals surface area contributed by atoms with E-state index < -0.39 is 32.4 Å². The number of esters is 1. The molecule has 0 spiro atoms. The lowest BCUT2D eigenvalue weighted by molar-refractivity contribution is 0.00578. The third-order valence-corrected chi connectivity index (χ3v) is 7.60. The summed E-state index contributed by atoms with van der Waals surface area (Å²) < 4.78 is 25.0. The number of aromatic nitrogens is 2. The monoisotopic (exact) mass is 432 g/mol. The molecule has 0 amide bonds. The maximum absolute atomic E-state index is 12.4. The van der Waals surface area contributed by atoms with E-state index in [1.54, 1.807) is 12.4 Å². The molecular formula is C21H33BN2O5Si. The lowest BCUT2D eigenvalue weighted by atomic mass is 9.80. The van der Waals surface area contributed by atoms with E-state index in [-0.39, 0.29) is 0 Å². The molecule has 0 N–H and O–H groups in total. The van der Waals surface area contributed by atoms with Gasteiger partial charge in [0.2, 0.25) is 0 Å². The van der Waals surface area contributed by atoms with Crippen molar-refractivity contribution in [3.05, 3.63) is 24.0 Å². The van der Waals surface area contributed by atoms with Crippen molar-refractivity contribution in [2.75, 3.05) is 13.7 Å². The molecule has 1 fully saturated rings. The second-order valence-corrected chi connectivity index (χ2v) is 15.7. The maximum atomic E-state index is 12.4. The molecule has 0 aromatic carbocycles. The first-order valence-corrected chi connectivity index (χ1v) is 14.1. The van der Waals surface area contributed by atoms with E-state index in [1.807, 2.05) is 38.3 Å². The average molecular weight is 432 g/mol. The smallest absolute Gasteiger partial charge is 0.465 e. The van der Waals surface area contributed by atoms with Gasteiger partial charge < -0.3 is 23.3 Å². The third kappa shape index (κ3) is 4.64. The minimum Gasteiger partial charge on any atom is -0.465 e. The standard InChI is InChI=1S/C21H33BN2O5Si/c1-20(2)21(3,4)29-22(28-20)15-11-16-17(19(25)26-5)13-24(18(16)23-12-15)14-27-9-10-30(6,7)8/h11-13H,9-10,14H2,1-8H3. The summed E-state index contributed by atoms with van der Waals surface area (Å²) in [6, 6.07) is 2.98. The van der Waals surface area contributed by atoms with Gasteiger partial charge in [-0.2, -0.15) is 0 Å². The topological polar surface area (TPSA) is 71.8 Å². The second kappa shape index (κ2) is 8.11. The van der Waals surface area contributed by atoms with E-state index in [1.165, 1.54) is 7.11 Å². The molecule has 0 unspecified atom stereocenters. The highest BCUT2D eigenvalue weighted by Gasteiger charge is 2.51. The normalized spacial score (nSPS) is 18.2. The predicted octanol–water partition coefficient (Wildman–Crippen LogP) is 3.43. The van der Waals surface area contributed by atoms with Crippen molar-refractivity contribution >= 4 is 37.7 Å². The van der Waals surface area contributed by atoms with E-state index in [0.717, 1.165) is 11.5 Å². The van der Waals surface area contributed by atoms with E-state index in [4.69, 9.17) is 18.8 Å². The van der Waals surface area contributed by atoms with Crippen LogP contribution in [0.2, 0.25) is 25.7 Å². The lowest BCUT2D eigenvalue weighted by Crippen LogP contribution is -2.41. The van der Waals surface area contributed by atoms with Crippen LogP contribution in [0.4, 0.5) is 0 Å². The molecule has 1 aliphatic rings. The molecule has 0 aliphatic carbocycles. The van der Waals surface area contributed by atoms with Crippen LogP contribution in [0.3, 0.4) is 0 Å². The molecule has 9 heteroatoms. The Morgan fingerprint density at radius 3 is 2.40 bits per heavy atom. The Morgan fingerprint density at radius 2 is 1.83 bits per heavy atom. The number of carbonyl (C=O) groups is 1. The second-order valence-electron chi connectivity index (χ2n) is 10.1. The summed E-state index contributed by atoms with van der Waals surface area (Å²) in [6.07, 6.45) is 3.48. The van der Waals surface area contributed by atoms with Crippen LogP contribution in [0.1, 0.15) is 38.1 Å². The molecule has 0 atom stereocenters. The van der Waals surface area contributed by atoms with Crippen molar-refractivity contribution in [1.82, 2.24) is 9.55 Å². The minimum atomic E-state index is -1.17. The van der Waals surface area contributed by atoms with Crippen molar-refractivity contribution in [2.24, 2.45) is 0 Å². The number of hydrogen-bond donors (Lipinski definition) is 0. The van der Waals surface area contributed by atoms with Gasteiger partial charge in [0.05, 0.1) is 23.9 Å². The van der Waals surface area contributed by atoms with Gasteiger partial charge >= 0.3 is 13.1 Å². The fourth-order valence-corrected chi connectivity index (χ4v) is 3.96. The molecule has 3 rings (SSSR count). The van der Waals surface area contributed by atoms with Crippen molar-refractivity contribution in [3.63, 3.8) is 0 Å². The molecule has 30 heavy (non-hydrogen) atoms. The molecular weight excluding hydrogens is 399 g/mol. The fourth-order valence-electron chi connectivity index (χ4n) is 3.21. The molecule has 0 radical (unpaired) electrons. The molecule has 0 bridgehead atoms. The first kappa shape index (κ1) is 23.0. The van der Waals surface area contributed by atoms with Crippen LogP contribution in [-0.2, 0) is 25.5 Å². The molecule has 2 aromatic rings. The minimum absolute atomic E-state index is 0.334. The van der Waals surface area contributed by atoms with Gasteiger partial charge in [-0.05, 0) is 39.8 Å². The zero-order valence-electron chi connectivity index (χ0n) is 19.4. The van der Waals surface area contributed by atoms with E-state index >= 15 is 0 Å². The Balaban J connectivity index is 1.89. The Morgan fingerprint density at radius 1 is 1.20 bits per heavy atom. The van der Waals surface area contributed by atoms with Gasteiger partial charge in [-0.3, -0.25) is 0 Å². The van der Waals surface area contributed by atoms with Gasteiger partial charge in [0.1, 0.15) is 12.4 Å². The first-order chi connectivity index (χ1) is 13.8. The fraction of sp³-hybridized carbons (Fsp3) is 0.619. The SMILES string of the molecule is COC(=O)c1cn(COCC[Si](C)(C)C)c2ncc(B3OC(C)(C)C(C)(C)O3)cc12. The summed E-state index contributed by atoms with van der Waals surface area (Å²) in [5.74, 6) is -0.409. The highest BCUT2D eigenvalue weighted by Crippen LogP contribution is 2.36. The van der Waals surface area contributed by atoms with Crippen molar-refractivity contribution in [2.45, 2.75) is 71.3 Å². The third-order valence-electron chi connectivity index (χ3n) is 5.89. The van der Waals surface area contributed by atoms with E-state index in [0.29, 0.717) is 29.9 Å². The molecule has 1 saturated heterocycles. The molecule has 1 aliphatic heterocycles. The van der Waals surface area contributed by atoms with Crippen LogP contribution >= 0.6 is 0 Å². The number of ether oxygens (including phenoxy) is 2. The summed E-state index contributed by atoms with van der Waals surface area (Å²) >= 11 is 0. The Labute approximate surface area is 180 Å². The van der Waals surface area contributed by atoms with Crippen LogP contribution in [0.5, 0.6) is 0 Å². The number of pyridine rings is 1. The van der Waals surface area contributed by atoms with Crippen LogP contribution in [0, 0.1) is 0 Å².